The molecule has 1 amide bonds. The molecule has 3 aromatic rings. The van der Waals surface area contributed by atoms with Crippen molar-refractivity contribution in [3.63, 3.8) is 0 Å². The van der Waals surface area contributed by atoms with Crippen molar-refractivity contribution < 1.29 is 14.3 Å². The zero-order chi connectivity index (χ0) is 19.2. The minimum absolute atomic E-state index is 0.281. The molecule has 0 aliphatic heterocycles. The van der Waals surface area contributed by atoms with Crippen molar-refractivity contribution in [3.8, 4) is 11.5 Å². The highest BCUT2D eigenvalue weighted by atomic mass is 32.1. The third-order valence-corrected chi connectivity index (χ3v) is 5.23. The van der Waals surface area contributed by atoms with Crippen molar-refractivity contribution in [3.05, 3.63) is 52.8 Å². The molecule has 0 aliphatic rings. The van der Waals surface area contributed by atoms with E-state index in [9.17, 15) is 4.79 Å². The molecule has 0 unspecified atom stereocenters. The summed E-state index contributed by atoms with van der Waals surface area (Å²) in [5.74, 6) is 1.22. The van der Waals surface area contributed by atoms with E-state index in [0.717, 1.165) is 28.8 Å². The van der Waals surface area contributed by atoms with E-state index in [1.807, 2.05) is 48.9 Å². The lowest BCUT2D eigenvalue weighted by Gasteiger charge is -2.06. The first-order valence-electron chi connectivity index (χ1n) is 9.17. The molecule has 0 bridgehead atoms. The predicted octanol–water partition coefficient (Wildman–Crippen LogP) is 4.56. The second-order valence-corrected chi connectivity index (χ2v) is 7.14. The Bertz CT molecular complexity index is 1000. The van der Waals surface area contributed by atoms with Gasteiger partial charge < -0.3 is 14.0 Å². The number of benzene rings is 2. The lowest BCUT2D eigenvalue weighted by Crippen LogP contribution is -2.13. The maximum atomic E-state index is 12.7. The van der Waals surface area contributed by atoms with Gasteiger partial charge in [0.25, 0.3) is 5.91 Å². The van der Waals surface area contributed by atoms with Gasteiger partial charge >= 0.3 is 0 Å². The Morgan fingerprint density at radius 3 is 2.74 bits per heavy atom. The van der Waals surface area contributed by atoms with Gasteiger partial charge in [0.05, 0.1) is 17.9 Å². The number of ether oxygens (including phenoxy) is 2. The third kappa shape index (κ3) is 4.39. The van der Waals surface area contributed by atoms with Crippen LogP contribution in [-0.4, -0.2) is 23.7 Å². The van der Waals surface area contributed by atoms with E-state index in [4.69, 9.17) is 9.47 Å². The molecular formula is C21H24N2O3S. The van der Waals surface area contributed by atoms with Crippen LogP contribution < -0.4 is 14.3 Å². The number of amides is 1. The van der Waals surface area contributed by atoms with Gasteiger partial charge in [0, 0.05) is 12.6 Å². The van der Waals surface area contributed by atoms with E-state index in [1.165, 1.54) is 11.3 Å². The number of thiazole rings is 1. The van der Waals surface area contributed by atoms with Gasteiger partial charge in [-0.3, -0.25) is 4.79 Å². The highest BCUT2D eigenvalue weighted by Gasteiger charge is 2.11. The maximum absolute atomic E-state index is 12.7. The number of carbonyl (C=O) groups excluding carboxylic acids is 1. The quantitative estimate of drug-likeness (QED) is 0.561. The van der Waals surface area contributed by atoms with Crippen molar-refractivity contribution in [1.29, 1.82) is 0 Å². The molecule has 0 fully saturated rings. The van der Waals surface area contributed by atoms with Gasteiger partial charge in [-0.05, 0) is 43.7 Å². The van der Waals surface area contributed by atoms with Crippen LogP contribution in [0.5, 0.6) is 11.5 Å². The average Bonchev–Trinajstić information content (AvgIpc) is 2.99. The second kappa shape index (κ2) is 8.86. The van der Waals surface area contributed by atoms with Crippen LogP contribution in [0.4, 0.5) is 0 Å². The molecule has 0 saturated heterocycles. The molecule has 3 rings (SSSR count). The molecule has 0 spiro atoms. The lowest BCUT2D eigenvalue weighted by molar-refractivity contribution is 0.0997. The van der Waals surface area contributed by atoms with Crippen molar-refractivity contribution in [2.75, 3.05) is 13.2 Å². The molecule has 1 heterocycles. The molecule has 1 aromatic heterocycles. The number of carbonyl (C=O) groups is 1. The SMILES string of the molecule is CCCCOc1cccc(C(=O)N=c2sc3cccc(OCC)c3n2C)c1. The fourth-order valence-corrected chi connectivity index (χ4v) is 3.79. The van der Waals surface area contributed by atoms with Crippen molar-refractivity contribution in [2.45, 2.75) is 26.7 Å². The number of nitrogens with zero attached hydrogens (tertiary/aromatic N) is 2. The fraction of sp³-hybridized carbons (Fsp3) is 0.333. The highest BCUT2D eigenvalue weighted by Crippen LogP contribution is 2.27. The minimum Gasteiger partial charge on any atom is -0.494 e. The van der Waals surface area contributed by atoms with E-state index in [1.54, 1.807) is 12.1 Å². The van der Waals surface area contributed by atoms with E-state index in [2.05, 4.69) is 11.9 Å². The van der Waals surface area contributed by atoms with E-state index in [0.29, 0.717) is 29.3 Å². The monoisotopic (exact) mass is 384 g/mol. The molecule has 0 saturated carbocycles. The fourth-order valence-electron chi connectivity index (χ4n) is 2.75. The summed E-state index contributed by atoms with van der Waals surface area (Å²) in [5, 5.41) is 0. The van der Waals surface area contributed by atoms with Gasteiger partial charge in [-0.2, -0.15) is 4.99 Å². The molecule has 0 radical (unpaired) electrons. The average molecular weight is 385 g/mol. The molecule has 0 N–H and O–H groups in total. The van der Waals surface area contributed by atoms with Gasteiger partial charge in [-0.1, -0.05) is 36.8 Å². The summed E-state index contributed by atoms with van der Waals surface area (Å²) in [7, 11) is 1.90. The van der Waals surface area contributed by atoms with Crippen LogP contribution in [0, 0.1) is 0 Å². The first-order chi connectivity index (χ1) is 13.1. The normalized spacial score (nSPS) is 11.7. The molecule has 27 heavy (non-hydrogen) atoms. The smallest absolute Gasteiger partial charge is 0.279 e. The number of para-hydroxylation sites is 1. The van der Waals surface area contributed by atoms with Gasteiger partial charge in [-0.15, -0.1) is 0 Å². The Morgan fingerprint density at radius 2 is 1.96 bits per heavy atom. The number of fused-ring (bicyclic) bond motifs is 1. The molecule has 2 aromatic carbocycles. The Labute approximate surface area is 162 Å². The van der Waals surface area contributed by atoms with E-state index < -0.39 is 0 Å². The van der Waals surface area contributed by atoms with Gasteiger partial charge in [0.1, 0.15) is 17.0 Å². The lowest BCUT2D eigenvalue weighted by atomic mass is 10.2. The second-order valence-electron chi connectivity index (χ2n) is 6.13. The number of hydrogen-bond acceptors (Lipinski definition) is 4. The number of aromatic nitrogens is 1. The molecule has 0 aliphatic carbocycles. The zero-order valence-electron chi connectivity index (χ0n) is 15.9. The molecule has 142 valence electrons. The molecule has 0 atom stereocenters. The summed E-state index contributed by atoms with van der Waals surface area (Å²) < 4.78 is 14.3. The van der Waals surface area contributed by atoms with Crippen LogP contribution in [0.1, 0.15) is 37.0 Å². The maximum Gasteiger partial charge on any atom is 0.279 e. The van der Waals surface area contributed by atoms with Crippen LogP contribution in [0.25, 0.3) is 10.2 Å². The topological polar surface area (TPSA) is 52.8 Å². The largest absolute Gasteiger partial charge is 0.494 e. The zero-order valence-corrected chi connectivity index (χ0v) is 16.7. The van der Waals surface area contributed by atoms with Gasteiger partial charge in [-0.25, -0.2) is 0 Å². The third-order valence-electron chi connectivity index (χ3n) is 4.13. The summed E-state index contributed by atoms with van der Waals surface area (Å²) in [5.41, 5.74) is 1.47. The van der Waals surface area contributed by atoms with Gasteiger partial charge in [0.2, 0.25) is 0 Å². The standard InChI is InChI=1S/C21H24N2O3S/c1-4-6-13-26-16-10-7-9-15(14-16)20(24)22-21-23(3)19-17(25-5-2)11-8-12-18(19)27-21/h7-12,14H,4-6,13H2,1-3H3. The summed E-state index contributed by atoms with van der Waals surface area (Å²) in [6.07, 6.45) is 2.06. The Morgan fingerprint density at radius 1 is 1.15 bits per heavy atom. The predicted molar refractivity (Wildman–Crippen MR) is 109 cm³/mol. The Hall–Kier alpha value is -2.60. The molecule has 5 nitrogen and oxygen atoms in total. The summed E-state index contributed by atoms with van der Waals surface area (Å²) >= 11 is 1.47. The Kier molecular flexibility index (Phi) is 6.29. The van der Waals surface area contributed by atoms with Crippen molar-refractivity contribution >= 4 is 27.5 Å². The van der Waals surface area contributed by atoms with E-state index >= 15 is 0 Å². The number of aryl methyl sites for hydroxylation is 1. The van der Waals surface area contributed by atoms with Crippen molar-refractivity contribution in [1.82, 2.24) is 4.57 Å². The first kappa shape index (κ1) is 19.2. The number of unbranched alkanes of at least 4 members (excludes halogenated alkanes) is 1. The minimum atomic E-state index is -0.281. The van der Waals surface area contributed by atoms with Crippen molar-refractivity contribution in [2.24, 2.45) is 12.0 Å². The summed E-state index contributed by atoms with van der Waals surface area (Å²) in [6, 6.07) is 13.1. The number of rotatable bonds is 7. The van der Waals surface area contributed by atoms with Crippen LogP contribution >= 0.6 is 11.3 Å². The van der Waals surface area contributed by atoms with Crippen LogP contribution in [0.15, 0.2) is 47.5 Å². The number of hydrogen-bond donors (Lipinski definition) is 0. The van der Waals surface area contributed by atoms with E-state index in [-0.39, 0.29) is 5.91 Å². The highest BCUT2D eigenvalue weighted by molar-refractivity contribution is 7.16. The Balaban J connectivity index is 1.93. The van der Waals surface area contributed by atoms with Crippen LogP contribution in [0.2, 0.25) is 0 Å². The first-order valence-corrected chi connectivity index (χ1v) is 9.99. The van der Waals surface area contributed by atoms with Gasteiger partial charge in [0.15, 0.2) is 4.80 Å². The summed E-state index contributed by atoms with van der Waals surface area (Å²) in [4.78, 5) is 17.7. The molecule has 6 heteroatoms. The molecular weight excluding hydrogens is 360 g/mol. The summed E-state index contributed by atoms with van der Waals surface area (Å²) in [6.45, 7) is 5.31. The van der Waals surface area contributed by atoms with Crippen LogP contribution in [0.3, 0.4) is 0 Å². The van der Waals surface area contributed by atoms with Crippen LogP contribution in [-0.2, 0) is 7.05 Å².